The Bertz CT molecular complexity index is 683. The number of hydrogen-bond donors (Lipinski definition) is 0. The van der Waals surface area contributed by atoms with E-state index in [-0.39, 0.29) is 0 Å². The van der Waals surface area contributed by atoms with Gasteiger partial charge in [-0.25, -0.2) is 9.97 Å². The SMILES string of the molecule is CSc1ncc2c(Cl)c(C#C[Si](C)(C)C)ccc2n1. The van der Waals surface area contributed by atoms with Crippen LogP contribution in [0.15, 0.2) is 23.5 Å². The summed E-state index contributed by atoms with van der Waals surface area (Å²) in [5.74, 6) is 3.19. The quantitative estimate of drug-likeness (QED) is 0.341. The number of rotatable bonds is 1. The Morgan fingerprint density at radius 1 is 1.26 bits per heavy atom. The number of aromatic nitrogens is 2. The van der Waals surface area contributed by atoms with Crippen molar-refractivity contribution >= 4 is 42.3 Å². The minimum absolute atomic E-state index is 0.649. The Kier molecular flexibility index (Phi) is 4.19. The van der Waals surface area contributed by atoms with Crippen LogP contribution in [0.4, 0.5) is 0 Å². The number of hydrogen-bond acceptors (Lipinski definition) is 3. The summed E-state index contributed by atoms with van der Waals surface area (Å²) < 4.78 is 0. The smallest absolute Gasteiger partial charge is 0.187 e. The lowest BCUT2D eigenvalue weighted by Crippen LogP contribution is -2.16. The summed E-state index contributed by atoms with van der Waals surface area (Å²) in [6, 6.07) is 3.89. The monoisotopic (exact) mass is 306 g/mol. The molecule has 2 aromatic rings. The van der Waals surface area contributed by atoms with Gasteiger partial charge in [0, 0.05) is 17.1 Å². The van der Waals surface area contributed by atoms with Crippen molar-refractivity contribution in [3.8, 4) is 11.5 Å². The molecule has 0 fully saturated rings. The van der Waals surface area contributed by atoms with E-state index < -0.39 is 8.07 Å². The first-order valence-corrected chi connectivity index (χ1v) is 11.0. The summed E-state index contributed by atoms with van der Waals surface area (Å²) in [5.41, 5.74) is 5.05. The normalized spacial score (nSPS) is 11.2. The molecular formula is C14H15ClN2SSi. The Balaban J connectivity index is 2.54. The number of halogens is 1. The third kappa shape index (κ3) is 3.50. The minimum atomic E-state index is -1.40. The number of thioether (sulfide) groups is 1. The van der Waals surface area contributed by atoms with Crippen LogP contribution in [0.5, 0.6) is 0 Å². The maximum atomic E-state index is 6.39. The highest BCUT2D eigenvalue weighted by atomic mass is 35.5. The highest BCUT2D eigenvalue weighted by Crippen LogP contribution is 2.26. The van der Waals surface area contributed by atoms with Gasteiger partial charge < -0.3 is 0 Å². The first-order chi connectivity index (χ1) is 8.90. The van der Waals surface area contributed by atoms with Gasteiger partial charge in [-0.2, -0.15) is 0 Å². The number of fused-ring (bicyclic) bond motifs is 1. The summed E-state index contributed by atoms with van der Waals surface area (Å²) in [5, 5.41) is 2.27. The van der Waals surface area contributed by atoms with Crippen molar-refractivity contribution in [1.82, 2.24) is 9.97 Å². The van der Waals surface area contributed by atoms with Crippen molar-refractivity contribution in [1.29, 1.82) is 0 Å². The molecule has 0 atom stereocenters. The summed E-state index contributed by atoms with van der Waals surface area (Å²) in [7, 11) is -1.40. The van der Waals surface area contributed by atoms with E-state index in [1.54, 1.807) is 6.20 Å². The average Bonchev–Trinajstić information content (AvgIpc) is 2.36. The van der Waals surface area contributed by atoms with Crippen LogP contribution < -0.4 is 0 Å². The fraction of sp³-hybridized carbons (Fsp3) is 0.286. The van der Waals surface area contributed by atoms with Gasteiger partial charge in [0.2, 0.25) is 0 Å². The van der Waals surface area contributed by atoms with Crippen LogP contribution in [0.3, 0.4) is 0 Å². The molecule has 0 aliphatic rings. The van der Waals surface area contributed by atoms with E-state index in [0.717, 1.165) is 21.6 Å². The largest absolute Gasteiger partial charge is 0.230 e. The molecule has 0 spiro atoms. The van der Waals surface area contributed by atoms with Gasteiger partial charge in [-0.15, -0.1) is 5.54 Å². The van der Waals surface area contributed by atoms with E-state index in [4.69, 9.17) is 11.6 Å². The fourth-order valence-corrected chi connectivity index (χ4v) is 2.62. The van der Waals surface area contributed by atoms with E-state index in [1.165, 1.54) is 11.8 Å². The van der Waals surface area contributed by atoms with Gasteiger partial charge in [0.05, 0.1) is 10.5 Å². The predicted octanol–water partition coefficient (Wildman–Crippen LogP) is 4.23. The Morgan fingerprint density at radius 3 is 2.63 bits per heavy atom. The van der Waals surface area contributed by atoms with Gasteiger partial charge in [-0.3, -0.25) is 0 Å². The predicted molar refractivity (Wildman–Crippen MR) is 86.6 cm³/mol. The van der Waals surface area contributed by atoms with Crippen LogP contribution >= 0.6 is 23.4 Å². The zero-order valence-corrected chi connectivity index (χ0v) is 14.0. The zero-order valence-electron chi connectivity index (χ0n) is 11.4. The van der Waals surface area contributed by atoms with Gasteiger partial charge in [-0.05, 0) is 18.4 Å². The van der Waals surface area contributed by atoms with Gasteiger partial charge in [0.15, 0.2) is 5.16 Å². The van der Waals surface area contributed by atoms with Crippen LogP contribution in [0.25, 0.3) is 10.9 Å². The first kappa shape index (κ1) is 14.4. The van der Waals surface area contributed by atoms with E-state index in [2.05, 4.69) is 41.1 Å². The van der Waals surface area contributed by atoms with Gasteiger partial charge in [-0.1, -0.05) is 48.9 Å². The molecule has 2 rings (SSSR count). The van der Waals surface area contributed by atoms with E-state index in [9.17, 15) is 0 Å². The van der Waals surface area contributed by atoms with Crippen molar-refractivity contribution in [2.75, 3.05) is 6.26 Å². The first-order valence-electron chi connectivity index (χ1n) is 5.93. The molecule has 19 heavy (non-hydrogen) atoms. The molecule has 0 aliphatic heterocycles. The van der Waals surface area contributed by atoms with Gasteiger partial charge in [0.25, 0.3) is 0 Å². The minimum Gasteiger partial charge on any atom is -0.230 e. The maximum absolute atomic E-state index is 6.39. The third-order valence-corrected chi connectivity index (χ3v) is 4.28. The molecule has 5 heteroatoms. The Morgan fingerprint density at radius 2 is 2.00 bits per heavy atom. The molecule has 2 nitrogen and oxygen atoms in total. The highest BCUT2D eigenvalue weighted by molar-refractivity contribution is 7.98. The van der Waals surface area contributed by atoms with Crippen LogP contribution in [-0.4, -0.2) is 24.3 Å². The van der Waals surface area contributed by atoms with Crippen molar-refractivity contribution in [3.63, 3.8) is 0 Å². The third-order valence-electron chi connectivity index (χ3n) is 2.43. The summed E-state index contributed by atoms with van der Waals surface area (Å²) in [6.45, 7) is 6.63. The molecule has 0 unspecified atom stereocenters. The van der Waals surface area contributed by atoms with E-state index in [1.807, 2.05) is 18.4 Å². The summed E-state index contributed by atoms with van der Waals surface area (Å²) in [6.07, 6.45) is 3.73. The van der Waals surface area contributed by atoms with Crippen LogP contribution in [0.1, 0.15) is 5.56 Å². The highest BCUT2D eigenvalue weighted by Gasteiger charge is 2.10. The Hall–Kier alpha value is -1.02. The van der Waals surface area contributed by atoms with E-state index >= 15 is 0 Å². The van der Waals surface area contributed by atoms with E-state index in [0.29, 0.717) is 5.02 Å². The molecular weight excluding hydrogens is 292 g/mol. The van der Waals surface area contributed by atoms with Crippen molar-refractivity contribution in [2.45, 2.75) is 24.8 Å². The Labute approximate surface area is 124 Å². The van der Waals surface area contributed by atoms with Crippen LogP contribution in [-0.2, 0) is 0 Å². The lowest BCUT2D eigenvalue weighted by Gasteiger charge is -2.05. The summed E-state index contributed by atoms with van der Waals surface area (Å²) >= 11 is 7.91. The lowest BCUT2D eigenvalue weighted by atomic mass is 10.1. The standard InChI is InChI=1S/C14H15ClN2SSi/c1-18-14-16-9-11-12(17-14)6-5-10(13(11)15)7-8-19(2,3)4/h5-6,9H,1-4H3. The van der Waals surface area contributed by atoms with Gasteiger partial charge >= 0.3 is 0 Å². The number of nitrogens with zero attached hydrogens (tertiary/aromatic N) is 2. The molecule has 1 aromatic heterocycles. The fourth-order valence-electron chi connectivity index (χ4n) is 1.50. The van der Waals surface area contributed by atoms with Crippen LogP contribution in [0, 0.1) is 11.5 Å². The van der Waals surface area contributed by atoms with Crippen LogP contribution in [0.2, 0.25) is 24.7 Å². The molecule has 0 amide bonds. The summed E-state index contributed by atoms with van der Waals surface area (Å²) in [4.78, 5) is 8.70. The molecule has 0 N–H and O–H groups in total. The molecule has 0 bridgehead atoms. The molecule has 0 saturated heterocycles. The average molecular weight is 307 g/mol. The number of benzene rings is 1. The van der Waals surface area contributed by atoms with Crippen molar-refractivity contribution < 1.29 is 0 Å². The molecule has 0 radical (unpaired) electrons. The van der Waals surface area contributed by atoms with Crippen molar-refractivity contribution in [2.24, 2.45) is 0 Å². The molecule has 0 saturated carbocycles. The van der Waals surface area contributed by atoms with Crippen molar-refractivity contribution in [3.05, 3.63) is 28.9 Å². The second kappa shape index (κ2) is 5.54. The molecule has 1 heterocycles. The maximum Gasteiger partial charge on any atom is 0.187 e. The molecule has 1 aromatic carbocycles. The molecule has 98 valence electrons. The second-order valence-corrected chi connectivity index (χ2v) is 11.1. The van der Waals surface area contributed by atoms with Gasteiger partial charge in [0.1, 0.15) is 8.07 Å². The zero-order chi connectivity index (χ0) is 14.0. The molecule has 0 aliphatic carbocycles. The second-order valence-electron chi connectivity index (χ2n) is 5.22. The topological polar surface area (TPSA) is 25.8 Å². The lowest BCUT2D eigenvalue weighted by molar-refractivity contribution is 1.01.